The molecule has 0 bridgehead atoms. The molecule has 0 saturated carbocycles. The monoisotopic (exact) mass is 507 g/mol. The van der Waals surface area contributed by atoms with Gasteiger partial charge in [0.15, 0.2) is 0 Å². The first-order valence-electron chi connectivity index (χ1n) is 11.9. The van der Waals surface area contributed by atoms with Crippen molar-refractivity contribution < 1.29 is 28.7 Å². The molecular weight excluding hydrogens is 474 g/mol. The van der Waals surface area contributed by atoms with Gasteiger partial charge in [-0.1, -0.05) is 44.5 Å². The Morgan fingerprint density at radius 3 is 2.51 bits per heavy atom. The molecule has 9 nitrogen and oxygen atoms in total. The first kappa shape index (κ1) is 26.9. The summed E-state index contributed by atoms with van der Waals surface area (Å²) in [6.45, 7) is 9.56. The van der Waals surface area contributed by atoms with E-state index in [-0.39, 0.29) is 34.9 Å². The van der Waals surface area contributed by atoms with Gasteiger partial charge in [0.1, 0.15) is 18.1 Å². The summed E-state index contributed by atoms with van der Waals surface area (Å²) in [5.74, 6) is -1.62. The van der Waals surface area contributed by atoms with E-state index in [0.717, 1.165) is 0 Å². The molecule has 2 aliphatic rings. The second-order valence-electron chi connectivity index (χ2n) is 10.3. The molecule has 1 aromatic carbocycles. The van der Waals surface area contributed by atoms with Crippen molar-refractivity contribution in [3.63, 3.8) is 0 Å². The largest absolute Gasteiger partial charge is 0.433 e. The van der Waals surface area contributed by atoms with Crippen LogP contribution in [0.2, 0.25) is 5.02 Å². The number of nitrogens with zero attached hydrogens (tertiary/aromatic N) is 1. The van der Waals surface area contributed by atoms with Crippen LogP contribution in [0, 0.1) is 5.41 Å². The van der Waals surface area contributed by atoms with Crippen molar-refractivity contribution in [3.8, 4) is 0 Å². The van der Waals surface area contributed by atoms with E-state index >= 15 is 0 Å². The highest BCUT2D eigenvalue weighted by Crippen LogP contribution is 2.27. The van der Waals surface area contributed by atoms with E-state index in [1.165, 1.54) is 4.90 Å². The number of halogens is 1. The van der Waals surface area contributed by atoms with Gasteiger partial charge in [-0.2, -0.15) is 0 Å². The van der Waals surface area contributed by atoms with Gasteiger partial charge in [0, 0.05) is 6.54 Å². The topological polar surface area (TPSA) is 114 Å². The van der Waals surface area contributed by atoms with Crippen molar-refractivity contribution >= 4 is 35.3 Å². The minimum atomic E-state index is -0.881. The fourth-order valence-electron chi connectivity index (χ4n) is 4.30. The third-order valence-electron chi connectivity index (χ3n) is 6.04. The molecule has 35 heavy (non-hydrogen) atoms. The number of nitrogens with one attached hydrogen (secondary N) is 2. The number of carbonyl (C=O) groups excluding carboxylic acids is 4. The average molecular weight is 508 g/mol. The summed E-state index contributed by atoms with van der Waals surface area (Å²) in [5.41, 5.74) is -0.353. The molecule has 4 atom stereocenters. The maximum atomic E-state index is 13.7. The zero-order valence-electron chi connectivity index (χ0n) is 20.8. The number of hydrogen-bond acceptors (Lipinski definition) is 6. The zero-order chi connectivity index (χ0) is 25.9. The van der Waals surface area contributed by atoms with Gasteiger partial charge in [-0.05, 0) is 44.2 Å². The van der Waals surface area contributed by atoms with Gasteiger partial charge in [-0.3, -0.25) is 19.2 Å². The third kappa shape index (κ3) is 6.52. The summed E-state index contributed by atoms with van der Waals surface area (Å²) in [5, 5.41) is 5.95. The predicted octanol–water partition coefficient (Wildman–Crippen LogP) is 2.66. The SMILES string of the molecule is CC(C)O[C@@H]1OC(=O)C[C@H]1NC(=O)[C@@H]1CCCN1C(=O)[C@@H](NC(=O)c1ccccc1Cl)C(C)(C)C. The number of ether oxygens (including phenoxy) is 2. The molecule has 1 aromatic rings. The van der Waals surface area contributed by atoms with Gasteiger partial charge in [0.25, 0.3) is 5.91 Å². The standard InChI is InChI=1S/C25H34ClN3O6/c1-14(2)34-24-17(13-19(30)35-24)27-22(32)18-11-8-12-29(18)23(33)20(25(3,4)5)28-21(31)15-9-6-7-10-16(15)26/h6-7,9-10,14,17-18,20,24H,8,11-13H2,1-5H3,(H,27,32)(H,28,31)/t17-,18+,20-,24-/m1/s1. The van der Waals surface area contributed by atoms with Crippen molar-refractivity contribution in [1.29, 1.82) is 0 Å². The summed E-state index contributed by atoms with van der Waals surface area (Å²) in [6, 6.07) is 4.39. The molecule has 0 aliphatic carbocycles. The molecular formula is C25H34ClN3O6. The van der Waals surface area contributed by atoms with Crippen LogP contribution >= 0.6 is 11.6 Å². The molecule has 2 N–H and O–H groups in total. The Balaban J connectivity index is 1.74. The van der Waals surface area contributed by atoms with Gasteiger partial charge in [0.05, 0.1) is 23.1 Å². The summed E-state index contributed by atoms with van der Waals surface area (Å²) >= 11 is 6.17. The third-order valence-corrected chi connectivity index (χ3v) is 6.37. The molecule has 0 aromatic heterocycles. The van der Waals surface area contributed by atoms with Gasteiger partial charge >= 0.3 is 5.97 Å². The van der Waals surface area contributed by atoms with Crippen LogP contribution in [0.5, 0.6) is 0 Å². The first-order valence-corrected chi connectivity index (χ1v) is 12.3. The summed E-state index contributed by atoms with van der Waals surface area (Å²) in [6.07, 6.45) is 0.0655. The first-order chi connectivity index (χ1) is 16.4. The Morgan fingerprint density at radius 2 is 1.89 bits per heavy atom. The quantitative estimate of drug-likeness (QED) is 0.548. The lowest BCUT2D eigenvalue weighted by atomic mass is 9.85. The Morgan fingerprint density at radius 1 is 1.20 bits per heavy atom. The molecule has 2 heterocycles. The Hall–Kier alpha value is -2.65. The van der Waals surface area contributed by atoms with Crippen molar-refractivity contribution in [3.05, 3.63) is 34.9 Å². The average Bonchev–Trinajstić information content (AvgIpc) is 3.37. The number of likely N-dealkylation sites (tertiary alicyclic amines) is 1. The Kier molecular flexibility index (Phi) is 8.43. The van der Waals surface area contributed by atoms with Crippen LogP contribution < -0.4 is 10.6 Å². The van der Waals surface area contributed by atoms with E-state index < -0.39 is 41.7 Å². The van der Waals surface area contributed by atoms with Crippen molar-refractivity contribution in [2.24, 2.45) is 5.41 Å². The van der Waals surface area contributed by atoms with E-state index in [0.29, 0.717) is 19.4 Å². The van der Waals surface area contributed by atoms with Crippen molar-refractivity contribution in [2.75, 3.05) is 6.54 Å². The molecule has 0 radical (unpaired) electrons. The number of hydrogen-bond donors (Lipinski definition) is 2. The number of cyclic esters (lactones) is 1. The smallest absolute Gasteiger partial charge is 0.310 e. The van der Waals surface area contributed by atoms with Crippen LogP contribution in [0.1, 0.15) is 64.2 Å². The lowest BCUT2D eigenvalue weighted by Crippen LogP contribution is -2.58. The van der Waals surface area contributed by atoms with Crippen LogP contribution in [-0.4, -0.2) is 65.7 Å². The van der Waals surface area contributed by atoms with E-state index in [2.05, 4.69) is 10.6 Å². The number of esters is 1. The van der Waals surface area contributed by atoms with Gasteiger partial charge in [0.2, 0.25) is 18.1 Å². The summed E-state index contributed by atoms with van der Waals surface area (Å²) < 4.78 is 10.8. The summed E-state index contributed by atoms with van der Waals surface area (Å²) in [4.78, 5) is 53.1. The lowest BCUT2D eigenvalue weighted by Gasteiger charge is -2.35. The fourth-order valence-corrected chi connectivity index (χ4v) is 4.52. The van der Waals surface area contributed by atoms with Crippen LogP contribution in [0.25, 0.3) is 0 Å². The predicted molar refractivity (Wildman–Crippen MR) is 130 cm³/mol. The minimum absolute atomic E-state index is 0.00228. The van der Waals surface area contributed by atoms with Gasteiger partial charge in [-0.15, -0.1) is 0 Å². The highest BCUT2D eigenvalue weighted by atomic mass is 35.5. The maximum Gasteiger partial charge on any atom is 0.310 e. The molecule has 192 valence electrons. The molecule has 2 fully saturated rings. The van der Waals surface area contributed by atoms with Crippen LogP contribution in [0.4, 0.5) is 0 Å². The highest BCUT2D eigenvalue weighted by molar-refractivity contribution is 6.33. The molecule has 2 saturated heterocycles. The van der Waals surface area contributed by atoms with Crippen LogP contribution in [-0.2, 0) is 23.9 Å². The van der Waals surface area contributed by atoms with E-state index in [1.807, 2.05) is 34.6 Å². The maximum absolute atomic E-state index is 13.7. The van der Waals surface area contributed by atoms with E-state index in [1.54, 1.807) is 24.3 Å². The highest BCUT2D eigenvalue weighted by Gasteiger charge is 2.44. The second-order valence-corrected chi connectivity index (χ2v) is 10.7. The van der Waals surface area contributed by atoms with Gasteiger partial charge in [-0.25, -0.2) is 0 Å². The van der Waals surface area contributed by atoms with Crippen LogP contribution in [0.15, 0.2) is 24.3 Å². The lowest BCUT2D eigenvalue weighted by molar-refractivity contribution is -0.173. The fraction of sp³-hybridized carbons (Fsp3) is 0.600. The van der Waals surface area contributed by atoms with Crippen molar-refractivity contribution in [2.45, 2.75) is 84.4 Å². The van der Waals surface area contributed by atoms with Crippen molar-refractivity contribution in [1.82, 2.24) is 15.5 Å². The van der Waals surface area contributed by atoms with Crippen LogP contribution in [0.3, 0.4) is 0 Å². The van der Waals surface area contributed by atoms with Gasteiger partial charge < -0.3 is 25.0 Å². The molecule has 0 unspecified atom stereocenters. The molecule has 3 rings (SSSR count). The zero-order valence-corrected chi connectivity index (χ0v) is 21.6. The Labute approximate surface area is 210 Å². The Bertz CT molecular complexity index is 976. The molecule has 2 aliphatic heterocycles. The number of rotatable bonds is 7. The number of benzene rings is 1. The molecule has 0 spiro atoms. The van der Waals surface area contributed by atoms with E-state index in [4.69, 9.17) is 21.1 Å². The van der Waals surface area contributed by atoms with E-state index in [9.17, 15) is 19.2 Å². The minimum Gasteiger partial charge on any atom is -0.433 e. The second kappa shape index (κ2) is 11.0. The normalized spacial score (nSPS) is 23.2. The molecule has 3 amide bonds. The number of amides is 3. The summed E-state index contributed by atoms with van der Waals surface area (Å²) in [7, 11) is 0. The molecule has 10 heteroatoms. The number of carbonyl (C=O) groups is 4.